The van der Waals surface area contributed by atoms with E-state index in [1.807, 2.05) is 18.2 Å². The number of hydrogen-bond acceptors (Lipinski definition) is 2. The number of cyclic esters (lactones) is 1. The van der Waals surface area contributed by atoms with E-state index in [0.717, 1.165) is 29.7 Å². The molecule has 0 N–H and O–H groups in total. The van der Waals surface area contributed by atoms with Crippen LogP contribution in [0.4, 0.5) is 10.5 Å². The molecule has 1 amide bonds. The van der Waals surface area contributed by atoms with Crippen LogP contribution >= 0.6 is 0 Å². The monoisotopic (exact) mass is 228 g/mol. The molecular formula is C13H12N2O2. The molecule has 0 radical (unpaired) electrons. The molecular weight excluding hydrogens is 216 g/mol. The molecule has 0 unspecified atom stereocenters. The molecule has 1 aliphatic carbocycles. The molecule has 3 rings (SSSR count). The van der Waals surface area contributed by atoms with Crippen molar-refractivity contribution in [1.29, 1.82) is 0 Å². The second kappa shape index (κ2) is 3.77. The fraction of sp³-hybridized carbons (Fsp3) is 0.385. The highest BCUT2D eigenvalue weighted by molar-refractivity contribution is 5.71. The van der Waals surface area contributed by atoms with E-state index in [0.29, 0.717) is 13.2 Å². The van der Waals surface area contributed by atoms with Crippen LogP contribution in [-0.4, -0.2) is 24.1 Å². The summed E-state index contributed by atoms with van der Waals surface area (Å²) < 4.78 is 4.98. The predicted octanol–water partition coefficient (Wildman–Crippen LogP) is 2.68. The number of ether oxygens (including phenoxy) is 1. The Morgan fingerprint density at radius 2 is 2.35 bits per heavy atom. The lowest BCUT2D eigenvalue weighted by molar-refractivity contribution is 0.147. The quantitative estimate of drug-likeness (QED) is 0.692. The maximum atomic E-state index is 11.6. The first-order chi connectivity index (χ1) is 8.31. The molecule has 4 heteroatoms. The Morgan fingerprint density at radius 3 is 3.06 bits per heavy atom. The van der Waals surface area contributed by atoms with Gasteiger partial charge in [0.05, 0.1) is 19.2 Å². The van der Waals surface area contributed by atoms with Crippen molar-refractivity contribution in [2.24, 2.45) is 0 Å². The van der Waals surface area contributed by atoms with Crippen LogP contribution in [0.1, 0.15) is 23.6 Å². The zero-order valence-electron chi connectivity index (χ0n) is 9.35. The molecule has 2 aliphatic rings. The Bertz CT molecular complexity index is 519. The summed E-state index contributed by atoms with van der Waals surface area (Å²) in [5, 5.41) is 0. The Kier molecular flexibility index (Phi) is 2.25. The average Bonchev–Trinajstić information content (AvgIpc) is 2.94. The van der Waals surface area contributed by atoms with Crippen LogP contribution in [0.2, 0.25) is 0 Å². The molecule has 0 aromatic heterocycles. The highest BCUT2D eigenvalue weighted by Gasteiger charge is 2.35. The van der Waals surface area contributed by atoms with Gasteiger partial charge in [-0.1, -0.05) is 18.2 Å². The van der Waals surface area contributed by atoms with Crippen LogP contribution in [0, 0.1) is 6.57 Å². The summed E-state index contributed by atoms with van der Waals surface area (Å²) in [6.45, 7) is 8.28. The third kappa shape index (κ3) is 1.47. The molecule has 0 saturated carbocycles. The van der Waals surface area contributed by atoms with Gasteiger partial charge in [0.2, 0.25) is 0 Å². The van der Waals surface area contributed by atoms with E-state index in [1.54, 1.807) is 4.90 Å². The van der Waals surface area contributed by atoms with Crippen LogP contribution in [0.5, 0.6) is 0 Å². The SMILES string of the molecule is [C-]#[N+]c1cccc2c1CC[C@@H]2N1CCOC1=O. The summed E-state index contributed by atoms with van der Waals surface area (Å²) in [6.07, 6.45) is 1.55. The minimum Gasteiger partial charge on any atom is -0.448 e. The Hall–Kier alpha value is -2.02. The third-order valence-corrected chi connectivity index (χ3v) is 3.50. The summed E-state index contributed by atoms with van der Waals surface area (Å²) in [6, 6.07) is 5.86. The van der Waals surface area contributed by atoms with E-state index >= 15 is 0 Å². The Balaban J connectivity index is 1.99. The molecule has 4 nitrogen and oxygen atoms in total. The number of benzene rings is 1. The minimum atomic E-state index is -0.226. The Labute approximate surface area is 99.6 Å². The molecule has 1 aliphatic heterocycles. The predicted molar refractivity (Wildman–Crippen MR) is 61.8 cm³/mol. The van der Waals surface area contributed by atoms with Gasteiger partial charge in [0.1, 0.15) is 6.61 Å². The Morgan fingerprint density at radius 1 is 1.47 bits per heavy atom. The van der Waals surface area contributed by atoms with E-state index in [4.69, 9.17) is 11.3 Å². The van der Waals surface area contributed by atoms with E-state index < -0.39 is 0 Å². The van der Waals surface area contributed by atoms with Gasteiger partial charge in [0, 0.05) is 0 Å². The van der Waals surface area contributed by atoms with Crippen molar-refractivity contribution in [3.8, 4) is 0 Å². The maximum absolute atomic E-state index is 11.6. The van der Waals surface area contributed by atoms with Crippen molar-refractivity contribution in [3.05, 3.63) is 40.7 Å². The molecule has 1 aromatic carbocycles. The second-order valence-electron chi connectivity index (χ2n) is 4.32. The van der Waals surface area contributed by atoms with Gasteiger partial charge in [0.15, 0.2) is 5.69 Å². The molecule has 1 fully saturated rings. The summed E-state index contributed by atoms with van der Waals surface area (Å²) in [4.78, 5) is 16.9. The lowest BCUT2D eigenvalue weighted by atomic mass is 10.1. The van der Waals surface area contributed by atoms with Gasteiger partial charge in [0.25, 0.3) is 0 Å². The van der Waals surface area contributed by atoms with Crippen molar-refractivity contribution in [1.82, 2.24) is 4.90 Å². The normalized spacial score (nSPS) is 22.2. The zero-order chi connectivity index (χ0) is 11.8. The standard InChI is InChI=1S/C13H12N2O2/c1-14-11-4-2-3-10-9(11)5-6-12(10)15-7-8-17-13(15)16/h2-4,12H,5-8H2/t12-/m0/s1. The summed E-state index contributed by atoms with van der Waals surface area (Å²) in [7, 11) is 0. The number of carbonyl (C=O) groups is 1. The highest BCUT2D eigenvalue weighted by atomic mass is 16.6. The smallest absolute Gasteiger partial charge is 0.410 e. The van der Waals surface area contributed by atoms with Gasteiger partial charge in [-0.05, 0) is 24.0 Å². The first kappa shape index (κ1) is 10.2. The lowest BCUT2D eigenvalue weighted by Crippen LogP contribution is -2.28. The van der Waals surface area contributed by atoms with Gasteiger partial charge in [-0.15, -0.1) is 0 Å². The molecule has 0 bridgehead atoms. The number of carbonyl (C=O) groups excluding carboxylic acids is 1. The minimum absolute atomic E-state index is 0.0988. The zero-order valence-corrected chi connectivity index (χ0v) is 9.35. The molecule has 17 heavy (non-hydrogen) atoms. The van der Waals surface area contributed by atoms with E-state index in [2.05, 4.69) is 4.85 Å². The van der Waals surface area contributed by atoms with Crippen LogP contribution < -0.4 is 0 Å². The van der Waals surface area contributed by atoms with Crippen molar-refractivity contribution >= 4 is 11.8 Å². The molecule has 1 aromatic rings. The van der Waals surface area contributed by atoms with Gasteiger partial charge < -0.3 is 4.74 Å². The number of nitrogens with zero attached hydrogens (tertiary/aromatic N) is 2. The lowest BCUT2D eigenvalue weighted by Gasteiger charge is -2.22. The first-order valence-corrected chi connectivity index (χ1v) is 5.74. The van der Waals surface area contributed by atoms with E-state index in [1.165, 1.54) is 0 Å². The van der Waals surface area contributed by atoms with Gasteiger partial charge in [-0.25, -0.2) is 9.64 Å². The summed E-state index contributed by atoms with van der Waals surface area (Å²) >= 11 is 0. The van der Waals surface area contributed by atoms with E-state index in [9.17, 15) is 4.79 Å². The molecule has 1 heterocycles. The van der Waals surface area contributed by atoms with Crippen molar-refractivity contribution in [2.45, 2.75) is 18.9 Å². The van der Waals surface area contributed by atoms with Gasteiger partial charge in [-0.2, -0.15) is 0 Å². The van der Waals surface area contributed by atoms with Crippen LogP contribution in [0.3, 0.4) is 0 Å². The summed E-state index contributed by atoms with van der Waals surface area (Å²) in [5.41, 5.74) is 2.95. The van der Waals surface area contributed by atoms with Gasteiger partial charge >= 0.3 is 6.09 Å². The topological polar surface area (TPSA) is 33.9 Å². The third-order valence-electron chi connectivity index (χ3n) is 3.50. The van der Waals surface area contributed by atoms with Gasteiger partial charge in [-0.3, -0.25) is 4.90 Å². The molecule has 1 atom stereocenters. The van der Waals surface area contributed by atoms with E-state index in [-0.39, 0.29) is 12.1 Å². The molecule has 86 valence electrons. The van der Waals surface area contributed by atoms with Crippen LogP contribution in [-0.2, 0) is 11.2 Å². The van der Waals surface area contributed by atoms with Crippen LogP contribution in [0.25, 0.3) is 4.85 Å². The fourth-order valence-corrected chi connectivity index (χ4v) is 2.73. The number of amides is 1. The molecule has 1 saturated heterocycles. The first-order valence-electron chi connectivity index (χ1n) is 5.74. The summed E-state index contributed by atoms with van der Waals surface area (Å²) in [5.74, 6) is 0. The highest BCUT2D eigenvalue weighted by Crippen LogP contribution is 2.41. The number of fused-ring (bicyclic) bond motifs is 1. The number of hydrogen-bond donors (Lipinski definition) is 0. The van der Waals surface area contributed by atoms with Crippen molar-refractivity contribution < 1.29 is 9.53 Å². The second-order valence-corrected chi connectivity index (χ2v) is 4.32. The average molecular weight is 228 g/mol. The van der Waals surface area contributed by atoms with Crippen molar-refractivity contribution in [2.75, 3.05) is 13.2 Å². The van der Waals surface area contributed by atoms with Crippen LogP contribution in [0.15, 0.2) is 18.2 Å². The van der Waals surface area contributed by atoms with Crippen molar-refractivity contribution in [3.63, 3.8) is 0 Å². The molecule has 0 spiro atoms. The fourth-order valence-electron chi connectivity index (χ4n) is 2.73. The maximum Gasteiger partial charge on any atom is 0.410 e. The number of rotatable bonds is 1. The largest absolute Gasteiger partial charge is 0.448 e.